The van der Waals surface area contributed by atoms with E-state index in [4.69, 9.17) is 0 Å². The van der Waals surface area contributed by atoms with E-state index in [1.807, 2.05) is 7.05 Å². The number of likely N-dealkylation sites (tertiary alicyclic amines) is 1. The Balaban J connectivity index is 2.11. The Kier molecular flexibility index (Phi) is 4.99. The van der Waals surface area contributed by atoms with Crippen molar-refractivity contribution in [3.63, 3.8) is 0 Å². The van der Waals surface area contributed by atoms with E-state index in [2.05, 4.69) is 15.4 Å². The van der Waals surface area contributed by atoms with Crippen LogP contribution in [0.15, 0.2) is 23.3 Å². The average Bonchev–Trinajstić information content (AvgIpc) is 2.49. The fraction of sp³-hybridized carbons (Fsp3) is 0.462. The number of hydrogen-bond donors (Lipinski definition) is 1. The van der Waals surface area contributed by atoms with Crippen molar-refractivity contribution in [2.75, 3.05) is 19.0 Å². The lowest BCUT2D eigenvalue weighted by molar-refractivity contribution is -0.393. The molecule has 1 aromatic rings. The maximum atomic E-state index is 11.0. The molecule has 1 atom stereocenters. The van der Waals surface area contributed by atoms with Crippen LogP contribution in [0.2, 0.25) is 0 Å². The van der Waals surface area contributed by atoms with Crippen LogP contribution in [0, 0.1) is 20.2 Å². The number of nitrogens with zero attached hydrogens (tertiary/aromatic N) is 4. The highest BCUT2D eigenvalue weighted by Crippen LogP contribution is 2.28. The highest BCUT2D eigenvalue weighted by atomic mass is 16.6. The van der Waals surface area contributed by atoms with Gasteiger partial charge in [-0.2, -0.15) is 5.10 Å². The van der Waals surface area contributed by atoms with Gasteiger partial charge in [-0.1, -0.05) is 6.42 Å². The van der Waals surface area contributed by atoms with Crippen molar-refractivity contribution in [1.29, 1.82) is 0 Å². The third-order valence-corrected chi connectivity index (χ3v) is 3.65. The monoisotopic (exact) mass is 307 g/mol. The van der Waals surface area contributed by atoms with Gasteiger partial charge in [-0.25, -0.2) is 0 Å². The Morgan fingerprint density at radius 1 is 1.32 bits per heavy atom. The van der Waals surface area contributed by atoms with E-state index in [1.54, 1.807) is 6.21 Å². The summed E-state index contributed by atoms with van der Waals surface area (Å²) in [6.45, 7) is 0.994. The van der Waals surface area contributed by atoms with Gasteiger partial charge in [0.05, 0.1) is 15.9 Å². The van der Waals surface area contributed by atoms with Gasteiger partial charge in [0, 0.05) is 18.3 Å². The fourth-order valence-electron chi connectivity index (χ4n) is 2.36. The SMILES string of the molecule is CN1CCCCC1/C=N/Nc1ccc([N+](=O)[O-])cc1[N+](=O)[O-]. The summed E-state index contributed by atoms with van der Waals surface area (Å²) in [5.41, 5.74) is 2.04. The molecule has 0 amide bonds. The molecule has 9 heteroatoms. The molecule has 1 aliphatic rings. The second-order valence-electron chi connectivity index (χ2n) is 5.15. The van der Waals surface area contributed by atoms with Gasteiger partial charge in [-0.05, 0) is 32.5 Å². The summed E-state index contributed by atoms with van der Waals surface area (Å²) in [6, 6.07) is 3.61. The number of hydrogen-bond acceptors (Lipinski definition) is 7. The molecule has 1 fully saturated rings. The van der Waals surface area contributed by atoms with Crippen LogP contribution in [0.3, 0.4) is 0 Å². The van der Waals surface area contributed by atoms with Crippen molar-refractivity contribution in [2.24, 2.45) is 5.10 Å². The first kappa shape index (κ1) is 15.8. The van der Waals surface area contributed by atoms with Crippen LogP contribution in [0.5, 0.6) is 0 Å². The molecule has 1 heterocycles. The number of piperidine rings is 1. The van der Waals surface area contributed by atoms with Gasteiger partial charge in [-0.15, -0.1) is 0 Å². The van der Waals surface area contributed by atoms with Gasteiger partial charge in [0.1, 0.15) is 5.69 Å². The second kappa shape index (κ2) is 6.94. The molecule has 0 aromatic heterocycles. The Bertz CT molecular complexity index is 604. The largest absolute Gasteiger partial charge is 0.301 e. The first-order valence-corrected chi connectivity index (χ1v) is 6.91. The minimum absolute atomic E-state index is 0.130. The number of non-ortho nitro benzene ring substituents is 1. The first-order valence-electron chi connectivity index (χ1n) is 6.91. The van der Waals surface area contributed by atoms with Crippen LogP contribution in [-0.2, 0) is 0 Å². The average molecular weight is 307 g/mol. The first-order chi connectivity index (χ1) is 10.5. The van der Waals surface area contributed by atoms with E-state index in [-0.39, 0.29) is 23.1 Å². The maximum absolute atomic E-state index is 11.0. The molecule has 118 valence electrons. The van der Waals surface area contributed by atoms with Gasteiger partial charge in [0.25, 0.3) is 5.69 Å². The summed E-state index contributed by atoms with van der Waals surface area (Å²) < 4.78 is 0. The summed E-state index contributed by atoms with van der Waals surface area (Å²) in [6.07, 6.45) is 4.98. The van der Waals surface area contributed by atoms with Crippen LogP contribution >= 0.6 is 0 Å². The number of nitro benzene ring substituents is 2. The molecule has 1 saturated heterocycles. The van der Waals surface area contributed by atoms with Crippen molar-refractivity contribution in [1.82, 2.24) is 4.90 Å². The highest BCUT2D eigenvalue weighted by molar-refractivity contribution is 5.69. The van der Waals surface area contributed by atoms with Crippen molar-refractivity contribution in [2.45, 2.75) is 25.3 Å². The predicted octanol–water partition coefficient (Wildman–Crippen LogP) is 2.39. The highest BCUT2D eigenvalue weighted by Gasteiger charge is 2.20. The number of hydrazone groups is 1. The molecule has 1 unspecified atom stereocenters. The standard InChI is InChI=1S/C13H17N5O4/c1-16-7-3-2-4-11(16)9-14-15-12-6-5-10(17(19)20)8-13(12)18(21)22/h5-6,8-9,11,15H,2-4,7H2,1H3/b14-9+. The molecule has 0 saturated carbocycles. The normalized spacial score (nSPS) is 19.2. The van der Waals surface area contributed by atoms with Gasteiger partial charge in [-0.3, -0.25) is 30.6 Å². The molecule has 9 nitrogen and oxygen atoms in total. The van der Waals surface area contributed by atoms with Gasteiger partial charge in [0.2, 0.25) is 0 Å². The van der Waals surface area contributed by atoms with E-state index in [1.165, 1.54) is 12.1 Å². The zero-order valence-electron chi connectivity index (χ0n) is 12.1. The number of benzene rings is 1. The Hall–Kier alpha value is -2.55. The second-order valence-corrected chi connectivity index (χ2v) is 5.15. The smallest absolute Gasteiger partial charge is 0.298 e. The summed E-state index contributed by atoms with van der Waals surface area (Å²) in [5.74, 6) is 0. The fourth-order valence-corrected chi connectivity index (χ4v) is 2.36. The molecule has 2 rings (SSSR count). The molecule has 0 radical (unpaired) electrons. The number of rotatable bonds is 5. The summed E-state index contributed by atoms with van der Waals surface area (Å²) >= 11 is 0. The van der Waals surface area contributed by atoms with Crippen LogP contribution in [-0.4, -0.2) is 40.6 Å². The van der Waals surface area contributed by atoms with E-state index in [0.717, 1.165) is 31.9 Å². The molecular formula is C13H17N5O4. The lowest BCUT2D eigenvalue weighted by Gasteiger charge is -2.29. The number of anilines is 1. The van der Waals surface area contributed by atoms with Gasteiger partial charge < -0.3 is 0 Å². The molecule has 0 aliphatic carbocycles. The van der Waals surface area contributed by atoms with Gasteiger partial charge >= 0.3 is 5.69 Å². The van der Waals surface area contributed by atoms with Crippen molar-refractivity contribution < 1.29 is 9.85 Å². The molecule has 0 bridgehead atoms. The Labute approximate surface area is 126 Å². The van der Waals surface area contributed by atoms with Crippen molar-refractivity contribution in [3.8, 4) is 0 Å². The van der Waals surface area contributed by atoms with Crippen molar-refractivity contribution in [3.05, 3.63) is 38.4 Å². The zero-order chi connectivity index (χ0) is 16.1. The lowest BCUT2D eigenvalue weighted by atomic mass is 10.0. The third-order valence-electron chi connectivity index (χ3n) is 3.65. The van der Waals surface area contributed by atoms with Crippen LogP contribution in [0.25, 0.3) is 0 Å². The summed E-state index contributed by atoms with van der Waals surface area (Å²) in [5, 5.41) is 25.7. The van der Waals surface area contributed by atoms with Gasteiger partial charge in [0.15, 0.2) is 0 Å². The lowest BCUT2D eigenvalue weighted by Crippen LogP contribution is -2.37. The Morgan fingerprint density at radius 2 is 2.09 bits per heavy atom. The number of nitrogens with one attached hydrogen (secondary N) is 1. The summed E-state index contributed by atoms with van der Waals surface area (Å²) in [4.78, 5) is 22.5. The molecule has 1 N–H and O–H groups in total. The molecule has 22 heavy (non-hydrogen) atoms. The molecule has 0 spiro atoms. The van der Waals surface area contributed by atoms with Crippen LogP contribution < -0.4 is 5.43 Å². The van der Waals surface area contributed by atoms with Crippen molar-refractivity contribution >= 4 is 23.3 Å². The van der Waals surface area contributed by atoms with E-state index < -0.39 is 9.85 Å². The summed E-state index contributed by atoms with van der Waals surface area (Å²) in [7, 11) is 2.00. The van der Waals surface area contributed by atoms with E-state index >= 15 is 0 Å². The number of nitro groups is 2. The minimum Gasteiger partial charge on any atom is -0.298 e. The predicted molar refractivity (Wildman–Crippen MR) is 82.1 cm³/mol. The topological polar surface area (TPSA) is 114 Å². The third kappa shape index (κ3) is 3.76. The molecule has 1 aromatic carbocycles. The quantitative estimate of drug-likeness (QED) is 0.507. The van der Waals surface area contributed by atoms with E-state index in [9.17, 15) is 20.2 Å². The molecule has 1 aliphatic heterocycles. The van der Waals surface area contributed by atoms with Crippen LogP contribution in [0.1, 0.15) is 19.3 Å². The maximum Gasteiger partial charge on any atom is 0.301 e. The molecular weight excluding hydrogens is 290 g/mol. The minimum atomic E-state index is -0.670. The van der Waals surface area contributed by atoms with Crippen LogP contribution in [0.4, 0.5) is 17.1 Å². The zero-order valence-corrected chi connectivity index (χ0v) is 12.1. The Morgan fingerprint density at radius 3 is 2.73 bits per heavy atom. The van der Waals surface area contributed by atoms with E-state index in [0.29, 0.717) is 0 Å².